The number of carbonyl (C=O) groups excluding carboxylic acids is 1. The number of aryl methyl sites for hydroxylation is 1. The van der Waals surface area contributed by atoms with E-state index in [1.54, 1.807) is 31.4 Å². The Bertz CT molecular complexity index is 799. The van der Waals surface area contributed by atoms with Crippen molar-refractivity contribution in [2.75, 3.05) is 24.3 Å². The fourth-order valence-corrected chi connectivity index (χ4v) is 2.67. The second-order valence-electron chi connectivity index (χ2n) is 5.18. The van der Waals surface area contributed by atoms with Gasteiger partial charge in [0.15, 0.2) is 5.11 Å². The molecule has 0 aliphatic carbocycles. The molecule has 0 radical (unpaired) electrons. The van der Waals surface area contributed by atoms with Crippen LogP contribution in [0, 0.1) is 6.92 Å². The summed E-state index contributed by atoms with van der Waals surface area (Å²) in [5, 5.41) is 9.76. The van der Waals surface area contributed by atoms with Crippen LogP contribution in [0.2, 0.25) is 10.0 Å². The van der Waals surface area contributed by atoms with Gasteiger partial charge in [-0.3, -0.25) is 4.79 Å². The highest BCUT2D eigenvalue weighted by Crippen LogP contribution is 2.26. The molecular formula is C17H17Cl2N3O2S. The van der Waals surface area contributed by atoms with E-state index in [2.05, 4.69) is 16.0 Å². The first-order valence-corrected chi connectivity index (χ1v) is 8.50. The van der Waals surface area contributed by atoms with E-state index in [9.17, 15) is 4.79 Å². The summed E-state index contributed by atoms with van der Waals surface area (Å²) in [6, 6.07) is 10.5. The van der Waals surface area contributed by atoms with E-state index in [1.807, 2.05) is 19.1 Å². The Morgan fingerprint density at radius 1 is 1.12 bits per heavy atom. The number of hydrogen-bond donors (Lipinski definition) is 3. The average Bonchev–Trinajstić information content (AvgIpc) is 2.56. The molecule has 0 spiro atoms. The van der Waals surface area contributed by atoms with Gasteiger partial charge >= 0.3 is 0 Å². The summed E-state index contributed by atoms with van der Waals surface area (Å²) in [4.78, 5) is 12.1. The Balaban J connectivity index is 1.89. The van der Waals surface area contributed by atoms with Gasteiger partial charge in [0.2, 0.25) is 5.91 Å². The first-order valence-electron chi connectivity index (χ1n) is 7.33. The summed E-state index contributed by atoms with van der Waals surface area (Å²) < 4.78 is 5.23. The number of carbonyl (C=O) groups is 1. The van der Waals surface area contributed by atoms with Crippen LogP contribution >= 0.6 is 35.4 Å². The van der Waals surface area contributed by atoms with E-state index < -0.39 is 0 Å². The van der Waals surface area contributed by atoms with Crippen LogP contribution in [0.4, 0.5) is 11.4 Å². The Labute approximate surface area is 161 Å². The Hall–Kier alpha value is -2.02. The fraction of sp³-hybridized carbons (Fsp3) is 0.176. The lowest BCUT2D eigenvalue weighted by molar-refractivity contribution is -0.115. The van der Waals surface area contributed by atoms with Crippen LogP contribution in [-0.4, -0.2) is 24.7 Å². The minimum Gasteiger partial charge on any atom is -0.495 e. The van der Waals surface area contributed by atoms with Crippen LogP contribution < -0.4 is 20.7 Å². The summed E-state index contributed by atoms with van der Waals surface area (Å²) >= 11 is 17.1. The second kappa shape index (κ2) is 8.89. The zero-order valence-corrected chi connectivity index (χ0v) is 16.0. The molecule has 0 unspecified atom stereocenters. The van der Waals surface area contributed by atoms with Gasteiger partial charge < -0.3 is 20.7 Å². The van der Waals surface area contributed by atoms with Gasteiger partial charge in [-0.1, -0.05) is 29.3 Å². The molecule has 1 amide bonds. The highest BCUT2D eigenvalue weighted by molar-refractivity contribution is 7.80. The van der Waals surface area contributed by atoms with Crippen LogP contribution in [0.15, 0.2) is 36.4 Å². The van der Waals surface area contributed by atoms with Gasteiger partial charge in [-0.05, 0) is 55.0 Å². The number of nitrogens with one attached hydrogen (secondary N) is 3. The smallest absolute Gasteiger partial charge is 0.243 e. The lowest BCUT2D eigenvalue weighted by atomic mass is 10.2. The molecule has 2 aromatic carbocycles. The molecule has 2 rings (SSSR count). The maximum atomic E-state index is 12.1. The molecule has 0 bridgehead atoms. The molecule has 0 atom stereocenters. The van der Waals surface area contributed by atoms with Crippen molar-refractivity contribution in [1.82, 2.24) is 5.32 Å². The Kier molecular flexibility index (Phi) is 6.87. The normalized spacial score (nSPS) is 10.1. The number of amides is 1. The van der Waals surface area contributed by atoms with Crippen molar-refractivity contribution < 1.29 is 9.53 Å². The zero-order chi connectivity index (χ0) is 18.4. The number of halogens is 2. The van der Waals surface area contributed by atoms with E-state index >= 15 is 0 Å². The highest BCUT2D eigenvalue weighted by atomic mass is 35.5. The van der Waals surface area contributed by atoms with Crippen molar-refractivity contribution in [3.05, 3.63) is 52.0 Å². The summed E-state index contributed by atoms with van der Waals surface area (Å²) in [5.41, 5.74) is 2.22. The Morgan fingerprint density at radius 2 is 1.88 bits per heavy atom. The number of benzene rings is 2. The lowest BCUT2D eigenvalue weighted by Crippen LogP contribution is -2.35. The van der Waals surface area contributed by atoms with E-state index in [0.717, 1.165) is 5.56 Å². The molecule has 3 N–H and O–H groups in total. The van der Waals surface area contributed by atoms with Crippen LogP contribution in [0.3, 0.4) is 0 Å². The molecule has 0 saturated heterocycles. The predicted molar refractivity (Wildman–Crippen MR) is 107 cm³/mol. The summed E-state index contributed by atoms with van der Waals surface area (Å²) in [5.74, 6) is 0.336. The second-order valence-corrected chi connectivity index (χ2v) is 6.44. The highest BCUT2D eigenvalue weighted by Gasteiger charge is 2.09. The van der Waals surface area contributed by atoms with Gasteiger partial charge in [0.1, 0.15) is 5.75 Å². The molecule has 0 fully saturated rings. The molecule has 2 aromatic rings. The van der Waals surface area contributed by atoms with E-state index in [-0.39, 0.29) is 17.6 Å². The van der Waals surface area contributed by atoms with Gasteiger partial charge in [-0.15, -0.1) is 0 Å². The number of anilines is 2. The summed E-state index contributed by atoms with van der Waals surface area (Å²) in [7, 11) is 1.55. The van der Waals surface area contributed by atoms with Crippen molar-refractivity contribution in [3.8, 4) is 5.75 Å². The van der Waals surface area contributed by atoms with Gasteiger partial charge in [-0.2, -0.15) is 0 Å². The number of thiocarbonyl (C=S) groups is 1. The number of hydrogen-bond acceptors (Lipinski definition) is 3. The fourth-order valence-electron chi connectivity index (χ4n) is 2.03. The molecule has 0 saturated carbocycles. The molecule has 132 valence electrons. The number of methoxy groups -OCH3 is 1. The largest absolute Gasteiger partial charge is 0.495 e. The first-order chi connectivity index (χ1) is 11.9. The van der Waals surface area contributed by atoms with E-state index in [0.29, 0.717) is 27.2 Å². The maximum absolute atomic E-state index is 12.1. The molecule has 25 heavy (non-hydrogen) atoms. The Morgan fingerprint density at radius 3 is 2.56 bits per heavy atom. The van der Waals surface area contributed by atoms with Crippen molar-refractivity contribution in [2.24, 2.45) is 0 Å². The molecule has 0 aliphatic rings. The third-order valence-corrected chi connectivity index (χ3v) is 4.01. The van der Waals surface area contributed by atoms with E-state index in [1.165, 1.54) is 0 Å². The first kappa shape index (κ1) is 19.3. The molecule has 0 aromatic heterocycles. The molecule has 8 heteroatoms. The van der Waals surface area contributed by atoms with Gasteiger partial charge in [0, 0.05) is 5.02 Å². The third kappa shape index (κ3) is 5.77. The predicted octanol–water partition coefficient (Wildman–Crippen LogP) is 4.24. The van der Waals surface area contributed by atoms with Crippen LogP contribution in [0.25, 0.3) is 0 Å². The molecule has 5 nitrogen and oxygen atoms in total. The number of ether oxygens (including phenoxy) is 1. The van der Waals surface area contributed by atoms with Gasteiger partial charge in [-0.25, -0.2) is 0 Å². The average molecular weight is 398 g/mol. The molecular weight excluding hydrogens is 381 g/mol. The van der Waals surface area contributed by atoms with Crippen LogP contribution in [0.5, 0.6) is 5.75 Å². The lowest BCUT2D eigenvalue weighted by Gasteiger charge is -2.13. The quantitative estimate of drug-likeness (QED) is 0.658. The van der Waals surface area contributed by atoms with Crippen LogP contribution in [-0.2, 0) is 4.79 Å². The van der Waals surface area contributed by atoms with E-state index in [4.69, 9.17) is 40.2 Å². The minimum atomic E-state index is -0.254. The SMILES string of the molecule is COc1ccc(C)cc1NC(=O)CNC(=S)Nc1ccc(Cl)cc1Cl. The van der Waals surface area contributed by atoms with Crippen molar-refractivity contribution >= 4 is 57.8 Å². The maximum Gasteiger partial charge on any atom is 0.243 e. The minimum absolute atomic E-state index is 0.00582. The van der Waals surface area contributed by atoms with Crippen molar-refractivity contribution in [2.45, 2.75) is 6.92 Å². The molecule has 0 aliphatic heterocycles. The van der Waals surface area contributed by atoms with Crippen LogP contribution in [0.1, 0.15) is 5.56 Å². The van der Waals surface area contributed by atoms with Crippen molar-refractivity contribution in [3.63, 3.8) is 0 Å². The standard InChI is InChI=1S/C17H17Cl2N3O2S/c1-10-3-6-15(24-2)14(7-10)21-16(23)9-20-17(25)22-13-5-4-11(18)8-12(13)19/h3-8H,9H2,1-2H3,(H,21,23)(H2,20,22,25). The van der Waals surface area contributed by atoms with Gasteiger partial charge in [0.05, 0.1) is 30.1 Å². The van der Waals surface area contributed by atoms with Crippen molar-refractivity contribution in [1.29, 1.82) is 0 Å². The topological polar surface area (TPSA) is 62.4 Å². The summed E-state index contributed by atoms with van der Waals surface area (Å²) in [6.07, 6.45) is 0. The molecule has 0 heterocycles. The number of rotatable bonds is 5. The monoisotopic (exact) mass is 397 g/mol. The zero-order valence-electron chi connectivity index (χ0n) is 13.7. The van der Waals surface area contributed by atoms with Gasteiger partial charge in [0.25, 0.3) is 0 Å². The third-order valence-electron chi connectivity index (χ3n) is 3.22. The summed E-state index contributed by atoms with van der Waals surface area (Å²) in [6.45, 7) is 1.93.